The summed E-state index contributed by atoms with van der Waals surface area (Å²) in [6.45, 7) is 9.56. The molecule has 0 spiro atoms. The molecular formula is C16H19NO2. The lowest BCUT2D eigenvalue weighted by Gasteiger charge is -2.21. The number of Topliss-reactive ketones (excluding diaryl/α,β-unsaturated/α-hetero) is 1. The summed E-state index contributed by atoms with van der Waals surface area (Å²) in [5, 5.41) is 1.02. The third kappa shape index (κ3) is 3.11. The van der Waals surface area contributed by atoms with Crippen molar-refractivity contribution >= 4 is 16.7 Å². The first-order chi connectivity index (χ1) is 8.76. The summed E-state index contributed by atoms with van der Waals surface area (Å²) in [7, 11) is 0. The standard InChI is InChI=1S/C16H19NO2/c1-10-8-15(11(2)18)17-14-7-6-12(9-13(10)14)19-16(3,4)5/h6-9H,1-5H3. The summed E-state index contributed by atoms with van der Waals surface area (Å²) in [4.78, 5) is 15.8. The Morgan fingerprint density at radius 1 is 1.21 bits per heavy atom. The molecular weight excluding hydrogens is 238 g/mol. The van der Waals surface area contributed by atoms with Crippen LogP contribution in [0.5, 0.6) is 5.75 Å². The van der Waals surface area contributed by atoms with Crippen LogP contribution in [0.15, 0.2) is 24.3 Å². The van der Waals surface area contributed by atoms with Gasteiger partial charge in [-0.1, -0.05) is 0 Å². The zero-order valence-electron chi connectivity index (χ0n) is 12.1. The van der Waals surface area contributed by atoms with Crippen LogP contribution in [-0.2, 0) is 0 Å². The van der Waals surface area contributed by atoms with Gasteiger partial charge in [0.2, 0.25) is 0 Å². The minimum Gasteiger partial charge on any atom is -0.488 e. The third-order valence-corrected chi connectivity index (χ3v) is 2.77. The average Bonchev–Trinajstić information content (AvgIpc) is 2.27. The molecule has 3 heteroatoms. The molecule has 0 atom stereocenters. The Labute approximate surface area is 113 Å². The highest BCUT2D eigenvalue weighted by Gasteiger charge is 2.13. The lowest BCUT2D eigenvalue weighted by molar-refractivity contribution is 0.101. The first kappa shape index (κ1) is 13.5. The third-order valence-electron chi connectivity index (χ3n) is 2.77. The van der Waals surface area contributed by atoms with E-state index in [0.717, 1.165) is 22.2 Å². The van der Waals surface area contributed by atoms with E-state index in [4.69, 9.17) is 4.74 Å². The molecule has 0 unspecified atom stereocenters. The molecule has 0 saturated heterocycles. The van der Waals surface area contributed by atoms with E-state index < -0.39 is 0 Å². The number of ether oxygens (including phenoxy) is 1. The van der Waals surface area contributed by atoms with Gasteiger partial charge in [-0.15, -0.1) is 0 Å². The van der Waals surface area contributed by atoms with Gasteiger partial charge in [0.05, 0.1) is 5.52 Å². The zero-order chi connectivity index (χ0) is 14.2. The van der Waals surface area contributed by atoms with Crippen LogP contribution in [0.1, 0.15) is 43.7 Å². The molecule has 2 rings (SSSR count). The fourth-order valence-electron chi connectivity index (χ4n) is 1.97. The Balaban J connectivity index is 2.52. The molecule has 0 amide bonds. The largest absolute Gasteiger partial charge is 0.488 e. The van der Waals surface area contributed by atoms with Crippen molar-refractivity contribution in [1.29, 1.82) is 0 Å². The van der Waals surface area contributed by atoms with Crippen molar-refractivity contribution in [2.45, 2.75) is 40.2 Å². The Morgan fingerprint density at radius 2 is 1.89 bits per heavy atom. The summed E-state index contributed by atoms with van der Waals surface area (Å²) >= 11 is 0. The maximum absolute atomic E-state index is 11.4. The second kappa shape index (κ2) is 4.65. The summed E-state index contributed by atoms with van der Waals surface area (Å²) in [5.74, 6) is 0.806. The Bertz CT molecular complexity index is 639. The number of aryl methyl sites for hydroxylation is 1. The fourth-order valence-corrected chi connectivity index (χ4v) is 1.97. The van der Waals surface area contributed by atoms with Crippen molar-refractivity contribution in [2.24, 2.45) is 0 Å². The number of pyridine rings is 1. The molecule has 100 valence electrons. The summed E-state index contributed by atoms with van der Waals surface area (Å²) in [6.07, 6.45) is 0. The average molecular weight is 257 g/mol. The van der Waals surface area contributed by atoms with E-state index in [1.54, 1.807) is 0 Å². The molecule has 1 aromatic heterocycles. The lowest BCUT2D eigenvalue weighted by Crippen LogP contribution is -2.22. The summed E-state index contributed by atoms with van der Waals surface area (Å²) in [6, 6.07) is 7.60. The molecule has 1 heterocycles. The van der Waals surface area contributed by atoms with Crippen LogP contribution in [0, 0.1) is 6.92 Å². The van der Waals surface area contributed by atoms with Gasteiger partial charge in [0.15, 0.2) is 5.78 Å². The van der Waals surface area contributed by atoms with E-state index >= 15 is 0 Å². The Morgan fingerprint density at radius 3 is 2.47 bits per heavy atom. The number of carbonyl (C=O) groups excluding carboxylic acids is 1. The van der Waals surface area contributed by atoms with E-state index in [-0.39, 0.29) is 11.4 Å². The molecule has 0 radical (unpaired) electrons. The van der Waals surface area contributed by atoms with Gasteiger partial charge in [0, 0.05) is 12.3 Å². The molecule has 0 N–H and O–H groups in total. The van der Waals surface area contributed by atoms with E-state index in [0.29, 0.717) is 5.69 Å². The van der Waals surface area contributed by atoms with Gasteiger partial charge in [-0.3, -0.25) is 4.79 Å². The highest BCUT2D eigenvalue weighted by Crippen LogP contribution is 2.25. The monoisotopic (exact) mass is 257 g/mol. The molecule has 0 aliphatic rings. The van der Waals surface area contributed by atoms with Crippen LogP contribution in [0.2, 0.25) is 0 Å². The topological polar surface area (TPSA) is 39.2 Å². The second-order valence-corrected chi connectivity index (χ2v) is 5.77. The predicted molar refractivity (Wildman–Crippen MR) is 76.9 cm³/mol. The molecule has 0 fully saturated rings. The van der Waals surface area contributed by atoms with E-state index in [2.05, 4.69) is 4.98 Å². The molecule has 0 saturated carbocycles. The predicted octanol–water partition coefficient (Wildman–Crippen LogP) is 3.92. The molecule has 19 heavy (non-hydrogen) atoms. The van der Waals surface area contributed by atoms with Gasteiger partial charge in [0.1, 0.15) is 17.0 Å². The molecule has 0 aliphatic heterocycles. The number of rotatable bonds is 2. The number of aromatic nitrogens is 1. The number of fused-ring (bicyclic) bond motifs is 1. The van der Waals surface area contributed by atoms with Crippen molar-refractivity contribution in [3.05, 3.63) is 35.5 Å². The minimum atomic E-state index is -0.228. The minimum absolute atomic E-state index is 0.0139. The van der Waals surface area contributed by atoms with Gasteiger partial charge in [0.25, 0.3) is 0 Å². The van der Waals surface area contributed by atoms with Crippen molar-refractivity contribution in [1.82, 2.24) is 4.98 Å². The first-order valence-corrected chi connectivity index (χ1v) is 6.37. The molecule has 2 aromatic rings. The summed E-state index contributed by atoms with van der Waals surface area (Å²) in [5.41, 5.74) is 2.14. The quantitative estimate of drug-likeness (QED) is 0.765. The van der Waals surface area contributed by atoms with Gasteiger partial charge in [-0.25, -0.2) is 4.98 Å². The normalized spacial score (nSPS) is 11.6. The maximum Gasteiger partial charge on any atom is 0.178 e. The number of hydrogen-bond donors (Lipinski definition) is 0. The number of ketones is 1. The number of benzene rings is 1. The van der Waals surface area contributed by atoms with Crippen molar-refractivity contribution in [3.63, 3.8) is 0 Å². The van der Waals surface area contributed by atoms with E-state index in [1.165, 1.54) is 6.92 Å². The molecule has 3 nitrogen and oxygen atoms in total. The van der Waals surface area contributed by atoms with E-state index in [1.807, 2.05) is 52.0 Å². The van der Waals surface area contributed by atoms with Gasteiger partial charge in [-0.2, -0.15) is 0 Å². The Hall–Kier alpha value is -1.90. The van der Waals surface area contributed by atoms with Crippen LogP contribution in [0.4, 0.5) is 0 Å². The van der Waals surface area contributed by atoms with Gasteiger partial charge in [-0.05, 0) is 57.5 Å². The molecule has 1 aromatic carbocycles. The van der Waals surface area contributed by atoms with Crippen LogP contribution in [-0.4, -0.2) is 16.4 Å². The number of nitrogens with zero attached hydrogens (tertiary/aromatic N) is 1. The smallest absolute Gasteiger partial charge is 0.178 e. The van der Waals surface area contributed by atoms with Crippen molar-refractivity contribution < 1.29 is 9.53 Å². The van der Waals surface area contributed by atoms with Crippen LogP contribution < -0.4 is 4.74 Å². The number of carbonyl (C=O) groups is 1. The van der Waals surface area contributed by atoms with Gasteiger partial charge >= 0.3 is 0 Å². The van der Waals surface area contributed by atoms with Crippen molar-refractivity contribution in [2.75, 3.05) is 0 Å². The van der Waals surface area contributed by atoms with Crippen LogP contribution in [0.3, 0.4) is 0 Å². The lowest BCUT2D eigenvalue weighted by atomic mass is 10.1. The maximum atomic E-state index is 11.4. The first-order valence-electron chi connectivity index (χ1n) is 6.37. The SMILES string of the molecule is CC(=O)c1cc(C)c2cc(OC(C)(C)C)ccc2n1. The molecule has 0 bridgehead atoms. The van der Waals surface area contributed by atoms with Crippen molar-refractivity contribution in [3.8, 4) is 5.75 Å². The summed E-state index contributed by atoms with van der Waals surface area (Å²) < 4.78 is 5.85. The molecule has 0 aliphatic carbocycles. The second-order valence-electron chi connectivity index (χ2n) is 5.77. The fraction of sp³-hybridized carbons (Fsp3) is 0.375. The van der Waals surface area contributed by atoms with Crippen LogP contribution >= 0.6 is 0 Å². The highest BCUT2D eigenvalue weighted by molar-refractivity contribution is 5.96. The van der Waals surface area contributed by atoms with Crippen LogP contribution in [0.25, 0.3) is 10.9 Å². The Kier molecular flexibility index (Phi) is 3.31. The zero-order valence-corrected chi connectivity index (χ0v) is 12.1. The van der Waals surface area contributed by atoms with Gasteiger partial charge < -0.3 is 4.74 Å². The highest BCUT2D eigenvalue weighted by atomic mass is 16.5. The number of hydrogen-bond acceptors (Lipinski definition) is 3. The van der Waals surface area contributed by atoms with E-state index in [9.17, 15) is 4.79 Å².